The van der Waals surface area contributed by atoms with Crippen molar-refractivity contribution in [3.63, 3.8) is 0 Å². The summed E-state index contributed by atoms with van der Waals surface area (Å²) in [6.45, 7) is 0.868. The van der Waals surface area contributed by atoms with Crippen molar-refractivity contribution in [2.45, 2.75) is 25.8 Å². The highest BCUT2D eigenvalue weighted by atomic mass is 16.4. The van der Waals surface area contributed by atoms with E-state index in [0.29, 0.717) is 5.92 Å². The summed E-state index contributed by atoms with van der Waals surface area (Å²) in [7, 11) is 0. The SMILES string of the molecule is O=C(O)c1ccn(CC2CCC2)n1. The Labute approximate surface area is 76.2 Å². The zero-order valence-corrected chi connectivity index (χ0v) is 7.31. The molecule has 1 heterocycles. The Balaban J connectivity index is 2.00. The fourth-order valence-electron chi connectivity index (χ4n) is 1.52. The molecule has 0 atom stereocenters. The quantitative estimate of drug-likeness (QED) is 0.764. The number of rotatable bonds is 3. The normalized spacial score (nSPS) is 16.9. The highest BCUT2D eigenvalue weighted by Crippen LogP contribution is 2.27. The van der Waals surface area contributed by atoms with Crippen molar-refractivity contribution in [1.82, 2.24) is 9.78 Å². The molecule has 1 N–H and O–H groups in total. The molecule has 0 saturated heterocycles. The Hall–Kier alpha value is -1.32. The van der Waals surface area contributed by atoms with Crippen molar-refractivity contribution in [2.75, 3.05) is 0 Å². The molecule has 1 aromatic heterocycles. The molecule has 4 heteroatoms. The van der Waals surface area contributed by atoms with Crippen LogP contribution >= 0.6 is 0 Å². The molecule has 0 spiro atoms. The molecule has 70 valence electrons. The van der Waals surface area contributed by atoms with Crippen LogP contribution in [0.3, 0.4) is 0 Å². The van der Waals surface area contributed by atoms with E-state index in [4.69, 9.17) is 5.11 Å². The lowest BCUT2D eigenvalue weighted by Gasteiger charge is -2.24. The van der Waals surface area contributed by atoms with Crippen LogP contribution in [0.15, 0.2) is 12.3 Å². The Morgan fingerprint density at radius 1 is 1.69 bits per heavy atom. The average molecular weight is 180 g/mol. The fourth-order valence-corrected chi connectivity index (χ4v) is 1.52. The summed E-state index contributed by atoms with van der Waals surface area (Å²) in [5.41, 5.74) is 0.138. The van der Waals surface area contributed by atoms with Gasteiger partial charge in [0.1, 0.15) is 0 Å². The Kier molecular flexibility index (Phi) is 2.04. The second-order valence-corrected chi connectivity index (χ2v) is 3.53. The van der Waals surface area contributed by atoms with E-state index in [1.807, 2.05) is 0 Å². The van der Waals surface area contributed by atoms with E-state index >= 15 is 0 Å². The van der Waals surface area contributed by atoms with Gasteiger partial charge in [-0.1, -0.05) is 6.42 Å². The van der Waals surface area contributed by atoms with Gasteiger partial charge in [-0.05, 0) is 24.8 Å². The van der Waals surface area contributed by atoms with Gasteiger partial charge in [0.25, 0.3) is 0 Å². The van der Waals surface area contributed by atoms with Crippen molar-refractivity contribution in [1.29, 1.82) is 0 Å². The lowest BCUT2D eigenvalue weighted by molar-refractivity contribution is 0.0689. The first-order chi connectivity index (χ1) is 6.25. The topological polar surface area (TPSA) is 55.1 Å². The monoisotopic (exact) mass is 180 g/mol. The van der Waals surface area contributed by atoms with Crippen molar-refractivity contribution < 1.29 is 9.90 Å². The molecule has 0 amide bonds. The van der Waals surface area contributed by atoms with Crippen LogP contribution in [0.4, 0.5) is 0 Å². The predicted molar refractivity (Wildman–Crippen MR) is 46.5 cm³/mol. The summed E-state index contributed by atoms with van der Waals surface area (Å²) >= 11 is 0. The fraction of sp³-hybridized carbons (Fsp3) is 0.556. The Bertz CT molecular complexity index is 315. The second-order valence-electron chi connectivity index (χ2n) is 3.53. The summed E-state index contributed by atoms with van der Waals surface area (Å²) in [6, 6.07) is 1.54. The van der Waals surface area contributed by atoms with Crippen LogP contribution in [0.2, 0.25) is 0 Å². The third-order valence-electron chi connectivity index (χ3n) is 2.53. The van der Waals surface area contributed by atoms with Gasteiger partial charge < -0.3 is 5.11 Å². The third-order valence-corrected chi connectivity index (χ3v) is 2.53. The number of hydrogen-bond acceptors (Lipinski definition) is 2. The van der Waals surface area contributed by atoms with Crippen LogP contribution in [0.1, 0.15) is 29.8 Å². The Morgan fingerprint density at radius 3 is 2.92 bits per heavy atom. The molecule has 1 saturated carbocycles. The Morgan fingerprint density at radius 2 is 2.46 bits per heavy atom. The van der Waals surface area contributed by atoms with Gasteiger partial charge in [-0.25, -0.2) is 4.79 Å². The van der Waals surface area contributed by atoms with Crippen LogP contribution < -0.4 is 0 Å². The summed E-state index contributed by atoms with van der Waals surface area (Å²) in [5.74, 6) is -0.242. The molecule has 1 aliphatic rings. The van der Waals surface area contributed by atoms with Crippen molar-refractivity contribution >= 4 is 5.97 Å². The number of hydrogen-bond donors (Lipinski definition) is 1. The zero-order chi connectivity index (χ0) is 9.26. The van der Waals surface area contributed by atoms with Crippen molar-refractivity contribution in [3.8, 4) is 0 Å². The minimum absolute atomic E-state index is 0.138. The summed E-state index contributed by atoms with van der Waals surface area (Å²) < 4.78 is 1.73. The molecule has 4 nitrogen and oxygen atoms in total. The molecule has 0 unspecified atom stereocenters. The van der Waals surface area contributed by atoms with E-state index in [1.165, 1.54) is 19.3 Å². The van der Waals surface area contributed by atoms with E-state index in [-0.39, 0.29) is 5.69 Å². The highest BCUT2D eigenvalue weighted by Gasteiger charge is 2.18. The van der Waals surface area contributed by atoms with Gasteiger partial charge in [0.05, 0.1) is 0 Å². The maximum Gasteiger partial charge on any atom is 0.356 e. The van der Waals surface area contributed by atoms with Crippen molar-refractivity contribution in [3.05, 3.63) is 18.0 Å². The first-order valence-corrected chi connectivity index (χ1v) is 4.52. The van der Waals surface area contributed by atoms with Gasteiger partial charge in [-0.2, -0.15) is 5.10 Å². The lowest BCUT2D eigenvalue weighted by Crippen LogP contribution is -2.18. The number of carboxylic acid groups (broad SMARTS) is 1. The smallest absolute Gasteiger partial charge is 0.356 e. The second kappa shape index (κ2) is 3.20. The molecule has 1 fully saturated rings. The number of aromatic carboxylic acids is 1. The molecule has 0 bridgehead atoms. The molecule has 1 aromatic rings. The molecular weight excluding hydrogens is 168 g/mol. The standard InChI is InChI=1S/C9H12N2O2/c12-9(13)8-4-5-11(10-8)6-7-2-1-3-7/h4-5,7H,1-3,6H2,(H,12,13). The van der Waals surface area contributed by atoms with Crippen LogP contribution in [0.25, 0.3) is 0 Å². The minimum Gasteiger partial charge on any atom is -0.476 e. The molecule has 13 heavy (non-hydrogen) atoms. The van der Waals surface area contributed by atoms with Gasteiger partial charge in [0, 0.05) is 12.7 Å². The summed E-state index contributed by atoms with van der Waals surface area (Å²) in [6.07, 6.45) is 5.55. The third kappa shape index (κ3) is 1.71. The number of carbonyl (C=O) groups is 1. The predicted octanol–water partition coefficient (Wildman–Crippen LogP) is 1.38. The van der Waals surface area contributed by atoms with Crippen LogP contribution in [-0.4, -0.2) is 20.9 Å². The number of aromatic nitrogens is 2. The maximum absolute atomic E-state index is 10.5. The summed E-state index contributed by atoms with van der Waals surface area (Å²) in [5, 5.41) is 12.6. The average Bonchev–Trinajstić information content (AvgIpc) is 2.44. The molecule has 0 aliphatic heterocycles. The highest BCUT2D eigenvalue weighted by molar-refractivity contribution is 5.84. The van der Waals surface area contributed by atoms with E-state index in [0.717, 1.165) is 6.54 Å². The van der Waals surface area contributed by atoms with E-state index in [9.17, 15) is 4.79 Å². The zero-order valence-electron chi connectivity index (χ0n) is 7.31. The first kappa shape index (κ1) is 8.29. The van der Waals surface area contributed by atoms with Gasteiger partial charge >= 0.3 is 5.97 Å². The van der Waals surface area contributed by atoms with Gasteiger partial charge in [0.15, 0.2) is 5.69 Å². The summed E-state index contributed by atoms with van der Waals surface area (Å²) in [4.78, 5) is 10.5. The van der Waals surface area contributed by atoms with Gasteiger partial charge in [0.2, 0.25) is 0 Å². The molecule has 1 aliphatic carbocycles. The van der Waals surface area contributed by atoms with Crippen LogP contribution in [0, 0.1) is 5.92 Å². The van der Waals surface area contributed by atoms with E-state index < -0.39 is 5.97 Å². The maximum atomic E-state index is 10.5. The molecule has 0 aromatic carbocycles. The van der Waals surface area contributed by atoms with Crippen LogP contribution in [-0.2, 0) is 6.54 Å². The van der Waals surface area contributed by atoms with E-state index in [2.05, 4.69) is 5.10 Å². The van der Waals surface area contributed by atoms with Gasteiger partial charge in [-0.3, -0.25) is 4.68 Å². The number of nitrogens with zero attached hydrogens (tertiary/aromatic N) is 2. The lowest BCUT2D eigenvalue weighted by atomic mass is 9.85. The molecule has 0 radical (unpaired) electrons. The van der Waals surface area contributed by atoms with Crippen LogP contribution in [0.5, 0.6) is 0 Å². The first-order valence-electron chi connectivity index (χ1n) is 4.52. The van der Waals surface area contributed by atoms with E-state index in [1.54, 1.807) is 16.9 Å². The number of carboxylic acids is 1. The largest absolute Gasteiger partial charge is 0.476 e. The molecule has 2 rings (SSSR count). The van der Waals surface area contributed by atoms with Crippen molar-refractivity contribution in [2.24, 2.45) is 5.92 Å². The minimum atomic E-state index is -0.952. The van der Waals surface area contributed by atoms with Gasteiger partial charge in [-0.15, -0.1) is 0 Å². The molecular formula is C9H12N2O2.